The van der Waals surface area contributed by atoms with Gasteiger partial charge in [-0.2, -0.15) is 0 Å². The molecule has 0 heterocycles. The van der Waals surface area contributed by atoms with Gasteiger partial charge in [0.05, 0.1) is 5.56 Å². The van der Waals surface area contributed by atoms with Crippen molar-refractivity contribution >= 4 is 0 Å². The molecule has 0 fully saturated rings. The second-order valence-corrected chi connectivity index (χ2v) is 5.35. The van der Waals surface area contributed by atoms with E-state index in [0.717, 1.165) is 6.42 Å². The van der Waals surface area contributed by atoms with Gasteiger partial charge in [-0.1, -0.05) is 38.7 Å². The van der Waals surface area contributed by atoms with Crippen LogP contribution in [0.4, 0.5) is 0 Å². The second kappa shape index (κ2) is 8.05. The van der Waals surface area contributed by atoms with Crippen LogP contribution < -0.4 is 5.32 Å². The smallest absolute Gasteiger partial charge is 0.124 e. The standard InChI is InChI=1S/C16H27NO2/c1-4-5-6-7-9-12(2)17-13(3)16-14(18)10-8-11-15(16)19/h8,10-13,17-19H,4-7,9H2,1-3H3. The first kappa shape index (κ1) is 15.8. The molecule has 3 heteroatoms. The lowest BCUT2D eigenvalue weighted by molar-refractivity contribution is 0.393. The fourth-order valence-corrected chi connectivity index (χ4v) is 2.46. The summed E-state index contributed by atoms with van der Waals surface area (Å²) in [6, 6.07) is 5.20. The van der Waals surface area contributed by atoms with Crippen LogP contribution in [0.5, 0.6) is 11.5 Å². The molecule has 3 nitrogen and oxygen atoms in total. The Morgan fingerprint density at radius 2 is 1.68 bits per heavy atom. The third-order valence-electron chi connectivity index (χ3n) is 3.52. The third kappa shape index (κ3) is 5.11. The van der Waals surface area contributed by atoms with Gasteiger partial charge in [-0.3, -0.25) is 0 Å². The van der Waals surface area contributed by atoms with Crippen LogP contribution in [-0.2, 0) is 0 Å². The molecule has 108 valence electrons. The first-order valence-electron chi connectivity index (χ1n) is 7.33. The quantitative estimate of drug-likeness (QED) is 0.620. The van der Waals surface area contributed by atoms with Crippen molar-refractivity contribution in [1.82, 2.24) is 5.32 Å². The summed E-state index contributed by atoms with van der Waals surface area (Å²) in [5.74, 6) is 0.302. The van der Waals surface area contributed by atoms with Crippen LogP contribution >= 0.6 is 0 Å². The van der Waals surface area contributed by atoms with E-state index >= 15 is 0 Å². The number of unbranched alkanes of at least 4 members (excludes halogenated alkanes) is 3. The van der Waals surface area contributed by atoms with Gasteiger partial charge in [0.25, 0.3) is 0 Å². The van der Waals surface area contributed by atoms with Crippen molar-refractivity contribution in [3.05, 3.63) is 23.8 Å². The maximum absolute atomic E-state index is 9.82. The molecule has 19 heavy (non-hydrogen) atoms. The molecule has 1 rings (SSSR count). The van der Waals surface area contributed by atoms with Crippen LogP contribution in [0, 0.1) is 0 Å². The van der Waals surface area contributed by atoms with Gasteiger partial charge in [-0.05, 0) is 32.4 Å². The molecule has 0 bridgehead atoms. The molecule has 3 N–H and O–H groups in total. The minimum absolute atomic E-state index is 0.0534. The van der Waals surface area contributed by atoms with Gasteiger partial charge in [0.15, 0.2) is 0 Å². The van der Waals surface area contributed by atoms with Crippen LogP contribution in [-0.4, -0.2) is 16.3 Å². The average molecular weight is 265 g/mol. The molecular formula is C16H27NO2. The van der Waals surface area contributed by atoms with Gasteiger partial charge in [0.1, 0.15) is 11.5 Å². The van der Waals surface area contributed by atoms with E-state index in [1.54, 1.807) is 18.2 Å². The van der Waals surface area contributed by atoms with E-state index in [-0.39, 0.29) is 17.5 Å². The number of phenols is 2. The summed E-state index contributed by atoms with van der Waals surface area (Å²) in [7, 11) is 0. The molecule has 0 saturated carbocycles. The van der Waals surface area contributed by atoms with Gasteiger partial charge in [-0.15, -0.1) is 0 Å². The Balaban J connectivity index is 2.47. The fraction of sp³-hybridized carbons (Fsp3) is 0.625. The molecule has 0 saturated heterocycles. The number of nitrogens with one attached hydrogen (secondary N) is 1. The first-order valence-corrected chi connectivity index (χ1v) is 7.33. The first-order chi connectivity index (χ1) is 9.06. The normalized spacial score (nSPS) is 14.3. The SMILES string of the molecule is CCCCCCC(C)NC(C)c1c(O)cccc1O. The fourth-order valence-electron chi connectivity index (χ4n) is 2.46. The van der Waals surface area contributed by atoms with Gasteiger partial charge in [0, 0.05) is 12.1 Å². The highest BCUT2D eigenvalue weighted by molar-refractivity contribution is 5.44. The summed E-state index contributed by atoms with van der Waals surface area (Å²) in [6.45, 7) is 6.33. The average Bonchev–Trinajstić information content (AvgIpc) is 2.34. The van der Waals surface area contributed by atoms with Crippen molar-refractivity contribution in [2.75, 3.05) is 0 Å². The topological polar surface area (TPSA) is 52.5 Å². The van der Waals surface area contributed by atoms with E-state index < -0.39 is 0 Å². The predicted molar refractivity (Wildman–Crippen MR) is 79.5 cm³/mol. The third-order valence-corrected chi connectivity index (χ3v) is 3.52. The Morgan fingerprint density at radius 3 is 2.26 bits per heavy atom. The van der Waals surface area contributed by atoms with Crippen LogP contribution in [0.15, 0.2) is 18.2 Å². The van der Waals surface area contributed by atoms with E-state index in [1.807, 2.05) is 6.92 Å². The molecule has 2 unspecified atom stereocenters. The molecule has 0 radical (unpaired) electrons. The molecule has 0 amide bonds. The Bertz CT molecular complexity index is 359. The zero-order valence-electron chi connectivity index (χ0n) is 12.3. The Hall–Kier alpha value is -1.22. The number of hydrogen-bond acceptors (Lipinski definition) is 3. The number of rotatable bonds is 8. The van der Waals surface area contributed by atoms with Gasteiger partial charge >= 0.3 is 0 Å². The zero-order valence-corrected chi connectivity index (χ0v) is 12.3. The van der Waals surface area contributed by atoms with Crippen molar-refractivity contribution in [3.63, 3.8) is 0 Å². The molecule has 0 aliphatic rings. The highest BCUT2D eigenvalue weighted by Crippen LogP contribution is 2.32. The van der Waals surface area contributed by atoms with Crippen LogP contribution in [0.25, 0.3) is 0 Å². The van der Waals surface area contributed by atoms with Crippen LogP contribution in [0.1, 0.15) is 64.5 Å². The maximum Gasteiger partial charge on any atom is 0.124 e. The summed E-state index contributed by atoms with van der Waals surface area (Å²) in [5.41, 5.74) is 0.586. The highest BCUT2D eigenvalue weighted by Gasteiger charge is 2.16. The minimum atomic E-state index is -0.0534. The van der Waals surface area contributed by atoms with Gasteiger partial charge in [0.2, 0.25) is 0 Å². The monoisotopic (exact) mass is 265 g/mol. The van der Waals surface area contributed by atoms with E-state index in [4.69, 9.17) is 0 Å². The lowest BCUT2D eigenvalue weighted by atomic mass is 10.0. The molecule has 0 aliphatic heterocycles. The lowest BCUT2D eigenvalue weighted by Gasteiger charge is -2.21. The zero-order chi connectivity index (χ0) is 14.3. The number of aromatic hydroxyl groups is 2. The second-order valence-electron chi connectivity index (χ2n) is 5.35. The summed E-state index contributed by atoms with van der Waals surface area (Å²) >= 11 is 0. The largest absolute Gasteiger partial charge is 0.507 e. The van der Waals surface area contributed by atoms with Crippen molar-refractivity contribution in [1.29, 1.82) is 0 Å². The number of hydrogen-bond donors (Lipinski definition) is 3. The van der Waals surface area contributed by atoms with Gasteiger partial charge in [-0.25, -0.2) is 0 Å². The summed E-state index contributed by atoms with van der Waals surface area (Å²) in [4.78, 5) is 0. The predicted octanol–water partition coefficient (Wildman–Crippen LogP) is 4.11. The van der Waals surface area contributed by atoms with Gasteiger partial charge < -0.3 is 15.5 Å². The minimum Gasteiger partial charge on any atom is -0.507 e. The lowest BCUT2D eigenvalue weighted by Crippen LogP contribution is -2.28. The number of benzene rings is 1. The van der Waals surface area contributed by atoms with E-state index in [2.05, 4.69) is 19.2 Å². The Labute approximate surface area is 116 Å². The molecule has 0 aromatic heterocycles. The van der Waals surface area contributed by atoms with Crippen molar-refractivity contribution < 1.29 is 10.2 Å². The van der Waals surface area contributed by atoms with E-state index in [9.17, 15) is 10.2 Å². The summed E-state index contributed by atoms with van der Waals surface area (Å²) in [5, 5.41) is 23.1. The van der Waals surface area contributed by atoms with Crippen molar-refractivity contribution in [2.45, 2.75) is 65.0 Å². The Morgan fingerprint density at radius 1 is 1.05 bits per heavy atom. The number of phenolic OH excluding ortho intramolecular Hbond substituents is 2. The molecule has 2 atom stereocenters. The van der Waals surface area contributed by atoms with Crippen LogP contribution in [0.2, 0.25) is 0 Å². The van der Waals surface area contributed by atoms with E-state index in [1.165, 1.54) is 25.7 Å². The van der Waals surface area contributed by atoms with Crippen molar-refractivity contribution in [2.24, 2.45) is 0 Å². The van der Waals surface area contributed by atoms with Crippen molar-refractivity contribution in [3.8, 4) is 11.5 Å². The molecule has 1 aromatic carbocycles. The van der Waals surface area contributed by atoms with Crippen LogP contribution in [0.3, 0.4) is 0 Å². The maximum atomic E-state index is 9.82. The molecule has 0 spiro atoms. The highest BCUT2D eigenvalue weighted by atomic mass is 16.3. The molecule has 0 aliphatic carbocycles. The molecule has 1 aromatic rings. The Kier molecular flexibility index (Phi) is 6.71. The van der Waals surface area contributed by atoms with E-state index in [0.29, 0.717) is 11.6 Å². The summed E-state index contributed by atoms with van der Waals surface area (Å²) < 4.78 is 0. The summed E-state index contributed by atoms with van der Waals surface area (Å²) in [6.07, 6.45) is 6.17. The molecular weight excluding hydrogens is 238 g/mol.